The number of benzene rings is 2. The molecular formula is C20H22N4O4S. The molecule has 0 atom stereocenters. The van der Waals surface area contributed by atoms with Crippen molar-refractivity contribution in [3.63, 3.8) is 0 Å². The number of hydrogen-bond donors (Lipinski definition) is 1. The molecule has 9 heteroatoms. The van der Waals surface area contributed by atoms with Crippen LogP contribution in [0.25, 0.3) is 11.4 Å². The van der Waals surface area contributed by atoms with E-state index in [-0.39, 0.29) is 11.7 Å². The Morgan fingerprint density at radius 2 is 1.79 bits per heavy atom. The number of para-hydroxylation sites is 1. The van der Waals surface area contributed by atoms with Crippen LogP contribution in [0.5, 0.6) is 17.2 Å². The number of carbonyl (C=O) groups excluding carboxylic acids is 1. The maximum absolute atomic E-state index is 12.4. The fraction of sp³-hybridized carbons (Fsp3) is 0.250. The van der Waals surface area contributed by atoms with Crippen LogP contribution in [0.3, 0.4) is 0 Å². The van der Waals surface area contributed by atoms with Gasteiger partial charge in [-0.1, -0.05) is 23.9 Å². The van der Waals surface area contributed by atoms with Crippen LogP contribution in [-0.4, -0.2) is 47.8 Å². The van der Waals surface area contributed by atoms with Crippen molar-refractivity contribution in [3.05, 3.63) is 42.5 Å². The lowest BCUT2D eigenvalue weighted by molar-refractivity contribution is -0.113. The standard InChI is InChI=1S/C20H22N4O4S/c1-24-19(14-7-5-6-8-16(14)27-3)22-23-20(24)29-12-18(25)21-15-10-9-13(26-2)11-17(15)28-4/h5-11H,12H2,1-4H3,(H,21,25). The highest BCUT2D eigenvalue weighted by Gasteiger charge is 2.16. The topological polar surface area (TPSA) is 87.5 Å². The molecule has 0 spiro atoms. The second-order valence-corrected chi connectivity index (χ2v) is 6.91. The Kier molecular flexibility index (Phi) is 6.61. The SMILES string of the molecule is COc1ccc(NC(=O)CSc2nnc(-c3ccccc3OC)n2C)c(OC)c1. The first-order chi connectivity index (χ1) is 14.1. The third-order valence-corrected chi connectivity index (χ3v) is 5.22. The predicted octanol–water partition coefficient (Wildman–Crippen LogP) is 3.24. The molecule has 1 aromatic heterocycles. The van der Waals surface area contributed by atoms with Crippen molar-refractivity contribution in [1.29, 1.82) is 0 Å². The van der Waals surface area contributed by atoms with Crippen molar-refractivity contribution in [2.24, 2.45) is 7.05 Å². The monoisotopic (exact) mass is 414 g/mol. The number of thioether (sulfide) groups is 1. The van der Waals surface area contributed by atoms with Crippen molar-refractivity contribution in [2.45, 2.75) is 5.16 Å². The summed E-state index contributed by atoms with van der Waals surface area (Å²) < 4.78 is 17.7. The highest BCUT2D eigenvalue weighted by Crippen LogP contribution is 2.31. The maximum atomic E-state index is 12.4. The summed E-state index contributed by atoms with van der Waals surface area (Å²) in [6.45, 7) is 0. The molecule has 3 aromatic rings. The van der Waals surface area contributed by atoms with Crippen LogP contribution < -0.4 is 19.5 Å². The molecule has 3 rings (SSSR count). The third kappa shape index (κ3) is 4.62. The number of aromatic nitrogens is 3. The van der Waals surface area contributed by atoms with Gasteiger partial charge in [0, 0.05) is 13.1 Å². The van der Waals surface area contributed by atoms with Gasteiger partial charge in [-0.15, -0.1) is 10.2 Å². The zero-order valence-corrected chi connectivity index (χ0v) is 17.4. The van der Waals surface area contributed by atoms with E-state index in [9.17, 15) is 4.79 Å². The third-order valence-electron chi connectivity index (χ3n) is 4.20. The van der Waals surface area contributed by atoms with Crippen LogP contribution in [0.15, 0.2) is 47.6 Å². The zero-order valence-electron chi connectivity index (χ0n) is 16.6. The van der Waals surface area contributed by atoms with Gasteiger partial charge in [0.25, 0.3) is 0 Å². The molecule has 0 aliphatic carbocycles. The van der Waals surface area contributed by atoms with Gasteiger partial charge in [-0.2, -0.15) is 0 Å². The van der Waals surface area contributed by atoms with Gasteiger partial charge in [0.1, 0.15) is 17.2 Å². The summed E-state index contributed by atoms with van der Waals surface area (Å²) in [5.41, 5.74) is 1.41. The van der Waals surface area contributed by atoms with Gasteiger partial charge in [0.2, 0.25) is 5.91 Å². The van der Waals surface area contributed by atoms with E-state index < -0.39 is 0 Å². The van der Waals surface area contributed by atoms with Gasteiger partial charge < -0.3 is 24.1 Å². The highest BCUT2D eigenvalue weighted by molar-refractivity contribution is 7.99. The summed E-state index contributed by atoms with van der Waals surface area (Å²) in [7, 11) is 6.58. The van der Waals surface area contributed by atoms with Crippen LogP contribution in [0, 0.1) is 0 Å². The number of nitrogens with zero attached hydrogens (tertiary/aromatic N) is 3. The largest absolute Gasteiger partial charge is 0.497 e. The Hall–Kier alpha value is -3.20. The molecule has 0 unspecified atom stereocenters. The second kappa shape index (κ2) is 9.33. The van der Waals surface area contributed by atoms with Crippen molar-refractivity contribution < 1.29 is 19.0 Å². The molecule has 0 aliphatic heterocycles. The molecule has 0 saturated carbocycles. The Labute approximate surface area is 173 Å². The van der Waals surface area contributed by atoms with Gasteiger partial charge >= 0.3 is 0 Å². The van der Waals surface area contributed by atoms with E-state index in [1.165, 1.54) is 18.9 Å². The molecule has 29 heavy (non-hydrogen) atoms. The van der Waals surface area contributed by atoms with Crippen LogP contribution in [-0.2, 0) is 11.8 Å². The van der Waals surface area contributed by atoms with E-state index in [1.807, 2.05) is 35.9 Å². The molecule has 1 heterocycles. The summed E-state index contributed by atoms with van der Waals surface area (Å²) in [5.74, 6) is 2.55. The average molecular weight is 414 g/mol. The molecule has 8 nitrogen and oxygen atoms in total. The lowest BCUT2D eigenvalue weighted by Gasteiger charge is -2.11. The number of rotatable bonds is 8. The Morgan fingerprint density at radius 3 is 2.52 bits per heavy atom. The van der Waals surface area contributed by atoms with Gasteiger partial charge in [-0.05, 0) is 24.3 Å². The Morgan fingerprint density at radius 1 is 1.03 bits per heavy atom. The fourth-order valence-electron chi connectivity index (χ4n) is 2.72. The van der Waals surface area contributed by atoms with Crippen molar-refractivity contribution in [2.75, 3.05) is 32.4 Å². The minimum atomic E-state index is -0.180. The molecule has 152 valence electrons. The van der Waals surface area contributed by atoms with E-state index in [4.69, 9.17) is 14.2 Å². The molecule has 0 radical (unpaired) electrons. The first-order valence-electron chi connectivity index (χ1n) is 8.74. The molecule has 2 aromatic carbocycles. The molecule has 0 aliphatic rings. The van der Waals surface area contributed by atoms with Crippen LogP contribution in [0.4, 0.5) is 5.69 Å². The summed E-state index contributed by atoms with van der Waals surface area (Å²) in [5, 5.41) is 11.9. The van der Waals surface area contributed by atoms with E-state index >= 15 is 0 Å². The van der Waals surface area contributed by atoms with E-state index in [0.717, 1.165) is 5.56 Å². The molecule has 0 saturated heterocycles. The first kappa shape index (κ1) is 20.5. The number of methoxy groups -OCH3 is 3. The number of anilines is 1. The van der Waals surface area contributed by atoms with Crippen molar-refractivity contribution >= 4 is 23.4 Å². The number of hydrogen-bond acceptors (Lipinski definition) is 7. The highest BCUT2D eigenvalue weighted by atomic mass is 32.2. The van der Waals surface area contributed by atoms with E-state index in [1.54, 1.807) is 32.4 Å². The quantitative estimate of drug-likeness (QED) is 0.566. The smallest absolute Gasteiger partial charge is 0.234 e. The molecule has 0 fully saturated rings. The molecule has 0 bridgehead atoms. The molecular weight excluding hydrogens is 392 g/mol. The molecule has 1 amide bonds. The van der Waals surface area contributed by atoms with E-state index in [2.05, 4.69) is 15.5 Å². The Bertz CT molecular complexity index is 1010. The number of amides is 1. The number of nitrogens with one attached hydrogen (secondary N) is 1. The van der Waals surface area contributed by atoms with Gasteiger partial charge in [0.15, 0.2) is 11.0 Å². The van der Waals surface area contributed by atoms with Crippen LogP contribution >= 0.6 is 11.8 Å². The number of carbonyl (C=O) groups is 1. The Balaban J connectivity index is 1.68. The first-order valence-corrected chi connectivity index (χ1v) is 9.73. The van der Waals surface area contributed by atoms with Gasteiger partial charge in [-0.25, -0.2) is 0 Å². The second-order valence-electron chi connectivity index (χ2n) is 5.97. The fourth-order valence-corrected chi connectivity index (χ4v) is 3.43. The minimum absolute atomic E-state index is 0.174. The average Bonchev–Trinajstić information content (AvgIpc) is 3.12. The lowest BCUT2D eigenvalue weighted by atomic mass is 10.2. The van der Waals surface area contributed by atoms with Crippen LogP contribution in [0.1, 0.15) is 0 Å². The van der Waals surface area contributed by atoms with Gasteiger partial charge in [-0.3, -0.25) is 4.79 Å². The zero-order chi connectivity index (χ0) is 20.8. The van der Waals surface area contributed by atoms with Gasteiger partial charge in [0.05, 0.1) is 38.3 Å². The van der Waals surface area contributed by atoms with Crippen molar-refractivity contribution in [1.82, 2.24) is 14.8 Å². The minimum Gasteiger partial charge on any atom is -0.497 e. The summed E-state index contributed by atoms with van der Waals surface area (Å²) in [6, 6.07) is 12.8. The normalized spacial score (nSPS) is 10.5. The van der Waals surface area contributed by atoms with E-state index in [0.29, 0.717) is 33.9 Å². The number of ether oxygens (including phenoxy) is 3. The maximum Gasteiger partial charge on any atom is 0.234 e. The molecule has 1 N–H and O–H groups in total. The van der Waals surface area contributed by atoms with Crippen molar-refractivity contribution in [3.8, 4) is 28.6 Å². The summed E-state index contributed by atoms with van der Waals surface area (Å²) >= 11 is 1.30. The predicted molar refractivity (Wildman–Crippen MR) is 112 cm³/mol. The summed E-state index contributed by atoms with van der Waals surface area (Å²) in [4.78, 5) is 12.4. The van der Waals surface area contributed by atoms with Crippen LogP contribution in [0.2, 0.25) is 0 Å². The summed E-state index contributed by atoms with van der Waals surface area (Å²) in [6.07, 6.45) is 0. The lowest BCUT2D eigenvalue weighted by Crippen LogP contribution is -2.15.